The summed E-state index contributed by atoms with van der Waals surface area (Å²) in [6.45, 7) is 2.11. The second kappa shape index (κ2) is 5.12. The molecule has 3 heterocycles. The molecule has 0 radical (unpaired) electrons. The number of hydrogen-bond donors (Lipinski definition) is 2. The van der Waals surface area contributed by atoms with Gasteiger partial charge in [-0.3, -0.25) is 4.57 Å². The normalized spacial score (nSPS) is 25.6. The van der Waals surface area contributed by atoms with E-state index in [1.54, 1.807) is 6.33 Å². The van der Waals surface area contributed by atoms with E-state index in [0.717, 1.165) is 6.42 Å². The minimum absolute atomic E-state index is 0.0214. The van der Waals surface area contributed by atoms with Crippen LogP contribution in [0.1, 0.15) is 19.6 Å². The van der Waals surface area contributed by atoms with Gasteiger partial charge < -0.3 is 20.5 Å². The molecule has 3 atom stereocenters. The second-order valence-electron chi connectivity index (χ2n) is 5.67. The molecule has 1 saturated heterocycles. The van der Waals surface area contributed by atoms with E-state index in [2.05, 4.69) is 21.9 Å². The van der Waals surface area contributed by atoms with Gasteiger partial charge in [-0.05, 0) is 6.42 Å². The molecule has 3 N–H and O–H groups in total. The largest absolute Gasteiger partial charge is 0.394 e. The molecule has 0 unspecified atom stereocenters. The fourth-order valence-electron chi connectivity index (χ4n) is 2.79. The Labute approximate surface area is 122 Å². The topological polar surface area (TPSA) is 102 Å². The van der Waals surface area contributed by atoms with Gasteiger partial charge in [0.1, 0.15) is 6.23 Å². The average molecular weight is 292 g/mol. The van der Waals surface area contributed by atoms with Gasteiger partial charge in [0.15, 0.2) is 17.0 Å². The third kappa shape index (κ3) is 2.30. The highest BCUT2D eigenvalue weighted by Gasteiger charge is 2.34. The van der Waals surface area contributed by atoms with Crippen molar-refractivity contribution < 1.29 is 9.84 Å². The molecule has 0 aromatic carbocycles. The maximum atomic E-state index is 9.27. The number of aliphatic hydroxyl groups is 1. The lowest BCUT2D eigenvalue weighted by molar-refractivity contribution is -0.0294. The van der Waals surface area contributed by atoms with Crippen LogP contribution in [0.25, 0.3) is 11.2 Å². The quantitative estimate of drug-likeness (QED) is 0.843. The minimum atomic E-state index is -0.198. The molecule has 1 aliphatic rings. The summed E-state index contributed by atoms with van der Waals surface area (Å²) in [7, 11) is 3.77. The van der Waals surface area contributed by atoms with Crippen molar-refractivity contribution in [2.45, 2.75) is 25.7 Å². The number of nitrogen functional groups attached to an aromatic ring is 1. The zero-order valence-electron chi connectivity index (χ0n) is 12.4. The number of nitrogens with two attached hydrogens (primary N) is 1. The molecule has 0 spiro atoms. The fraction of sp³-hybridized carbons (Fsp3) is 0.615. The van der Waals surface area contributed by atoms with Crippen LogP contribution in [0.3, 0.4) is 0 Å². The first kappa shape index (κ1) is 14.0. The minimum Gasteiger partial charge on any atom is -0.394 e. The molecule has 2 aromatic heterocycles. The summed E-state index contributed by atoms with van der Waals surface area (Å²) in [5.74, 6) is 1.15. The van der Waals surface area contributed by atoms with Crippen LogP contribution in [-0.2, 0) is 4.74 Å². The lowest BCUT2D eigenvalue weighted by atomic mass is 10.1. The SMILES string of the molecule is C[C@H]1C[C@@H](CO)O[C@H]1n1cnc2c(N(C)C)nc(N)nc21. The van der Waals surface area contributed by atoms with Crippen LogP contribution >= 0.6 is 0 Å². The summed E-state index contributed by atoms with van der Waals surface area (Å²) >= 11 is 0. The predicted octanol–water partition coefficient (Wildman–Crippen LogP) is 0.390. The zero-order valence-corrected chi connectivity index (χ0v) is 12.4. The number of imidazole rings is 1. The van der Waals surface area contributed by atoms with Gasteiger partial charge in [0.25, 0.3) is 0 Å². The first-order chi connectivity index (χ1) is 10.0. The first-order valence-corrected chi connectivity index (χ1v) is 6.95. The number of rotatable bonds is 3. The van der Waals surface area contributed by atoms with E-state index >= 15 is 0 Å². The Bertz CT molecular complexity index is 655. The van der Waals surface area contributed by atoms with Crippen molar-refractivity contribution in [1.29, 1.82) is 0 Å². The van der Waals surface area contributed by atoms with Gasteiger partial charge in [-0.25, -0.2) is 4.98 Å². The Balaban J connectivity index is 2.08. The van der Waals surface area contributed by atoms with E-state index in [0.29, 0.717) is 17.0 Å². The van der Waals surface area contributed by atoms with Crippen LogP contribution < -0.4 is 10.6 Å². The molecule has 114 valence electrons. The van der Waals surface area contributed by atoms with Crippen LogP contribution in [0.2, 0.25) is 0 Å². The Hall–Kier alpha value is -1.93. The van der Waals surface area contributed by atoms with Crippen LogP contribution in [0.4, 0.5) is 11.8 Å². The molecule has 2 aromatic rings. The van der Waals surface area contributed by atoms with E-state index in [9.17, 15) is 5.11 Å². The number of ether oxygens (including phenoxy) is 1. The van der Waals surface area contributed by atoms with E-state index < -0.39 is 0 Å². The maximum absolute atomic E-state index is 9.27. The number of nitrogens with zero attached hydrogens (tertiary/aromatic N) is 5. The van der Waals surface area contributed by atoms with Gasteiger partial charge in [0.05, 0.1) is 19.0 Å². The highest BCUT2D eigenvalue weighted by Crippen LogP contribution is 2.36. The fourth-order valence-corrected chi connectivity index (χ4v) is 2.79. The van der Waals surface area contributed by atoms with Gasteiger partial charge in [0.2, 0.25) is 5.95 Å². The molecule has 21 heavy (non-hydrogen) atoms. The highest BCUT2D eigenvalue weighted by atomic mass is 16.5. The molecule has 1 aliphatic heterocycles. The predicted molar refractivity (Wildman–Crippen MR) is 78.8 cm³/mol. The lowest BCUT2D eigenvalue weighted by Crippen LogP contribution is -2.17. The van der Waals surface area contributed by atoms with E-state index in [4.69, 9.17) is 10.5 Å². The summed E-state index contributed by atoms with van der Waals surface area (Å²) in [5, 5.41) is 9.27. The maximum Gasteiger partial charge on any atom is 0.224 e. The van der Waals surface area contributed by atoms with E-state index in [1.165, 1.54) is 0 Å². The standard InChI is InChI=1S/C13H20N6O2/c1-7-4-8(5-20)21-12(7)19-6-15-9-10(18(2)3)16-13(14)17-11(9)19/h6-8,12,20H,4-5H2,1-3H3,(H2,14,16,17)/t7-,8-,12+/m0/s1. The second-order valence-corrected chi connectivity index (χ2v) is 5.67. The first-order valence-electron chi connectivity index (χ1n) is 6.95. The number of hydrogen-bond acceptors (Lipinski definition) is 7. The molecule has 8 nitrogen and oxygen atoms in total. The summed E-state index contributed by atoms with van der Waals surface area (Å²) in [5.41, 5.74) is 7.15. The molecule has 1 fully saturated rings. The van der Waals surface area contributed by atoms with Gasteiger partial charge in [-0.15, -0.1) is 0 Å². The van der Waals surface area contributed by atoms with Crippen LogP contribution in [0.15, 0.2) is 6.33 Å². The molecule has 0 amide bonds. The molecule has 0 bridgehead atoms. The third-order valence-electron chi connectivity index (χ3n) is 3.78. The third-order valence-corrected chi connectivity index (χ3v) is 3.78. The molecule has 8 heteroatoms. The lowest BCUT2D eigenvalue weighted by Gasteiger charge is -2.18. The summed E-state index contributed by atoms with van der Waals surface area (Å²) < 4.78 is 7.75. The zero-order chi connectivity index (χ0) is 15.1. The van der Waals surface area contributed by atoms with Gasteiger partial charge in [-0.1, -0.05) is 6.92 Å². The number of aromatic nitrogens is 4. The van der Waals surface area contributed by atoms with Crippen molar-refractivity contribution in [3.05, 3.63) is 6.33 Å². The number of aliphatic hydroxyl groups excluding tert-OH is 1. The molecule has 0 aliphatic carbocycles. The van der Waals surface area contributed by atoms with Gasteiger partial charge in [0, 0.05) is 20.0 Å². The van der Waals surface area contributed by atoms with Crippen molar-refractivity contribution in [3.8, 4) is 0 Å². The summed E-state index contributed by atoms with van der Waals surface area (Å²) in [6.07, 6.45) is 2.17. The molecule has 3 rings (SSSR count). The summed E-state index contributed by atoms with van der Waals surface area (Å²) in [4.78, 5) is 14.8. The Morgan fingerprint density at radius 2 is 2.24 bits per heavy atom. The number of fused-ring (bicyclic) bond motifs is 1. The highest BCUT2D eigenvalue weighted by molar-refractivity contribution is 5.84. The van der Waals surface area contributed by atoms with Crippen molar-refractivity contribution >= 4 is 22.9 Å². The Morgan fingerprint density at radius 3 is 2.86 bits per heavy atom. The van der Waals surface area contributed by atoms with Gasteiger partial charge in [-0.2, -0.15) is 9.97 Å². The van der Waals surface area contributed by atoms with E-state index in [1.807, 2.05) is 23.6 Å². The van der Waals surface area contributed by atoms with Crippen LogP contribution in [0, 0.1) is 5.92 Å². The smallest absolute Gasteiger partial charge is 0.224 e. The molecular weight excluding hydrogens is 272 g/mol. The van der Waals surface area contributed by atoms with Crippen molar-refractivity contribution in [2.75, 3.05) is 31.3 Å². The van der Waals surface area contributed by atoms with Crippen molar-refractivity contribution in [2.24, 2.45) is 5.92 Å². The monoisotopic (exact) mass is 292 g/mol. The van der Waals surface area contributed by atoms with Crippen molar-refractivity contribution in [1.82, 2.24) is 19.5 Å². The molecule has 0 saturated carbocycles. The van der Waals surface area contributed by atoms with Gasteiger partial charge >= 0.3 is 0 Å². The number of anilines is 2. The van der Waals surface area contributed by atoms with E-state index in [-0.39, 0.29) is 30.8 Å². The Kier molecular flexibility index (Phi) is 3.42. The van der Waals surface area contributed by atoms with Crippen LogP contribution in [0.5, 0.6) is 0 Å². The van der Waals surface area contributed by atoms with Crippen molar-refractivity contribution in [3.63, 3.8) is 0 Å². The summed E-state index contributed by atoms with van der Waals surface area (Å²) in [6, 6.07) is 0. The Morgan fingerprint density at radius 1 is 1.48 bits per heavy atom. The molecular formula is C13H20N6O2. The van der Waals surface area contributed by atoms with Crippen LogP contribution in [-0.4, -0.2) is 51.4 Å². The average Bonchev–Trinajstić information content (AvgIpc) is 3.00.